The third kappa shape index (κ3) is 4.17. The van der Waals surface area contributed by atoms with Gasteiger partial charge in [-0.1, -0.05) is 0 Å². The second-order valence-electron chi connectivity index (χ2n) is 0.824. The SMILES string of the molecule is OCC(F)(F)S. The lowest BCUT2D eigenvalue weighted by molar-refractivity contribution is 0.0383. The Hall–Kier alpha value is 0.170. The van der Waals surface area contributed by atoms with Crippen LogP contribution in [0.3, 0.4) is 0 Å². The average molecular weight is 114 g/mol. The maximum Gasteiger partial charge on any atom is 0.313 e. The molecule has 0 radical (unpaired) electrons. The van der Waals surface area contributed by atoms with Crippen LogP contribution in [-0.2, 0) is 0 Å². The summed E-state index contributed by atoms with van der Waals surface area (Å²) in [5.74, 6) is 0. The number of rotatable bonds is 1. The smallest absolute Gasteiger partial charge is 0.313 e. The monoisotopic (exact) mass is 114 g/mol. The van der Waals surface area contributed by atoms with E-state index in [4.69, 9.17) is 5.11 Å². The van der Waals surface area contributed by atoms with Gasteiger partial charge in [-0.2, -0.15) is 8.78 Å². The van der Waals surface area contributed by atoms with Crippen LogP contribution in [0.1, 0.15) is 0 Å². The number of halogens is 2. The fourth-order valence-corrected chi connectivity index (χ4v) is 0. The van der Waals surface area contributed by atoms with Crippen LogP contribution in [0.25, 0.3) is 0 Å². The minimum absolute atomic E-state index is 1.20. The third-order valence-electron chi connectivity index (χ3n) is 0.190. The zero-order valence-corrected chi connectivity index (χ0v) is 3.75. The van der Waals surface area contributed by atoms with Gasteiger partial charge in [-0.3, -0.25) is 0 Å². The van der Waals surface area contributed by atoms with Crippen molar-refractivity contribution in [2.45, 2.75) is 5.25 Å². The summed E-state index contributed by atoms with van der Waals surface area (Å²) in [7, 11) is 0. The van der Waals surface area contributed by atoms with Crippen molar-refractivity contribution in [1.29, 1.82) is 0 Å². The second kappa shape index (κ2) is 1.75. The van der Waals surface area contributed by atoms with E-state index in [1.807, 2.05) is 0 Å². The fraction of sp³-hybridized carbons (Fsp3) is 1.00. The van der Waals surface area contributed by atoms with Crippen molar-refractivity contribution in [3.05, 3.63) is 0 Å². The predicted octanol–water partition coefficient (Wildman–Crippen LogP) is 0.501. The highest BCUT2D eigenvalue weighted by Gasteiger charge is 2.19. The first-order valence-electron chi connectivity index (χ1n) is 1.27. The number of hydrogen-bond acceptors (Lipinski definition) is 2. The molecule has 0 spiro atoms. The van der Waals surface area contributed by atoms with E-state index in [1.165, 1.54) is 0 Å². The van der Waals surface area contributed by atoms with Crippen LogP contribution in [0.2, 0.25) is 0 Å². The van der Waals surface area contributed by atoms with Gasteiger partial charge in [0.05, 0.1) is 0 Å². The first-order valence-corrected chi connectivity index (χ1v) is 1.72. The second-order valence-corrected chi connectivity index (χ2v) is 1.48. The van der Waals surface area contributed by atoms with Crippen molar-refractivity contribution in [3.63, 3.8) is 0 Å². The topological polar surface area (TPSA) is 20.2 Å². The Labute approximate surface area is 39.4 Å². The summed E-state index contributed by atoms with van der Waals surface area (Å²) in [4.78, 5) is 0. The van der Waals surface area contributed by atoms with Crippen LogP contribution in [-0.4, -0.2) is 17.0 Å². The van der Waals surface area contributed by atoms with Gasteiger partial charge in [0, 0.05) is 0 Å². The number of aliphatic hydroxyl groups excluding tert-OH is 1. The lowest BCUT2D eigenvalue weighted by Gasteiger charge is -1.99. The molecule has 0 aliphatic heterocycles. The molecule has 0 bridgehead atoms. The Kier molecular flexibility index (Phi) is 1.80. The Morgan fingerprint density at radius 3 is 1.83 bits per heavy atom. The van der Waals surface area contributed by atoms with E-state index in [9.17, 15) is 8.78 Å². The molecular formula is C2H4F2OS. The predicted molar refractivity (Wildman–Crippen MR) is 21.0 cm³/mol. The molecule has 0 saturated heterocycles. The largest absolute Gasteiger partial charge is 0.389 e. The van der Waals surface area contributed by atoms with Crippen molar-refractivity contribution in [3.8, 4) is 0 Å². The highest BCUT2D eigenvalue weighted by Crippen LogP contribution is 2.14. The molecule has 4 heteroatoms. The quantitative estimate of drug-likeness (QED) is 0.476. The molecule has 1 N–H and O–H groups in total. The summed E-state index contributed by atoms with van der Waals surface area (Å²) in [6, 6.07) is 0. The van der Waals surface area contributed by atoms with Crippen molar-refractivity contribution in [2.75, 3.05) is 6.61 Å². The maximum atomic E-state index is 11.1. The molecule has 0 rings (SSSR count). The number of hydrogen-bond donors (Lipinski definition) is 2. The minimum Gasteiger partial charge on any atom is -0.389 e. The van der Waals surface area contributed by atoms with Crippen LogP contribution < -0.4 is 0 Å². The van der Waals surface area contributed by atoms with Gasteiger partial charge >= 0.3 is 5.25 Å². The highest BCUT2D eigenvalue weighted by atomic mass is 32.1. The molecule has 0 aromatic heterocycles. The van der Waals surface area contributed by atoms with E-state index >= 15 is 0 Å². The summed E-state index contributed by atoms with van der Waals surface area (Å²) in [5, 5.41) is 4.37. The minimum atomic E-state index is -3.21. The number of alkyl halides is 2. The van der Waals surface area contributed by atoms with E-state index in [2.05, 4.69) is 12.6 Å². The first-order chi connectivity index (χ1) is 2.56. The van der Waals surface area contributed by atoms with Crippen molar-refractivity contribution < 1.29 is 13.9 Å². The van der Waals surface area contributed by atoms with Gasteiger partial charge in [0.2, 0.25) is 0 Å². The van der Waals surface area contributed by atoms with Gasteiger partial charge in [0.15, 0.2) is 0 Å². The molecule has 38 valence electrons. The summed E-state index contributed by atoms with van der Waals surface area (Å²) >= 11 is 2.67. The first kappa shape index (κ1) is 6.17. The molecule has 0 aliphatic carbocycles. The van der Waals surface area contributed by atoms with Gasteiger partial charge < -0.3 is 5.11 Å². The Morgan fingerprint density at radius 2 is 1.83 bits per heavy atom. The van der Waals surface area contributed by atoms with Crippen LogP contribution in [0.5, 0.6) is 0 Å². The number of aliphatic hydroxyl groups is 1. The molecule has 6 heavy (non-hydrogen) atoms. The third-order valence-corrected chi connectivity index (χ3v) is 0.332. The summed E-state index contributed by atoms with van der Waals surface area (Å²) < 4.78 is 22.1. The Bertz CT molecular complexity index is 41.3. The molecular weight excluding hydrogens is 110 g/mol. The molecule has 0 unspecified atom stereocenters. The highest BCUT2D eigenvalue weighted by molar-refractivity contribution is 7.81. The van der Waals surface area contributed by atoms with E-state index in [-0.39, 0.29) is 0 Å². The van der Waals surface area contributed by atoms with Gasteiger partial charge in [0.1, 0.15) is 6.61 Å². The van der Waals surface area contributed by atoms with E-state index in [1.54, 1.807) is 0 Å². The normalized spacial score (nSPS) is 12.0. The van der Waals surface area contributed by atoms with Gasteiger partial charge in [-0.25, -0.2) is 0 Å². The van der Waals surface area contributed by atoms with Crippen molar-refractivity contribution in [2.24, 2.45) is 0 Å². The molecule has 0 aliphatic rings. The van der Waals surface area contributed by atoms with Crippen molar-refractivity contribution in [1.82, 2.24) is 0 Å². The standard InChI is InChI=1S/C2H4F2OS/c3-2(4,6)1-5/h5-6H,1H2. The number of thiol groups is 1. The van der Waals surface area contributed by atoms with E-state index < -0.39 is 11.9 Å². The summed E-state index contributed by atoms with van der Waals surface area (Å²) in [6.45, 7) is -1.20. The van der Waals surface area contributed by atoms with Crippen LogP contribution in [0, 0.1) is 0 Å². The molecule has 0 amide bonds. The molecule has 0 saturated carbocycles. The van der Waals surface area contributed by atoms with E-state index in [0.29, 0.717) is 0 Å². The molecule has 1 nitrogen and oxygen atoms in total. The maximum absolute atomic E-state index is 11.1. The van der Waals surface area contributed by atoms with Crippen molar-refractivity contribution >= 4 is 12.6 Å². The Balaban J connectivity index is 3.17. The molecule has 0 fully saturated rings. The van der Waals surface area contributed by atoms with Gasteiger partial charge in [-0.05, 0) is 0 Å². The van der Waals surface area contributed by atoms with Gasteiger partial charge in [-0.15, -0.1) is 12.6 Å². The molecule has 0 aromatic rings. The zero-order valence-electron chi connectivity index (χ0n) is 2.86. The average Bonchev–Trinajstić information content (AvgIpc) is 1.35. The lowest BCUT2D eigenvalue weighted by Crippen LogP contribution is -2.10. The molecule has 0 heterocycles. The van der Waals surface area contributed by atoms with Gasteiger partial charge in [0.25, 0.3) is 0 Å². The summed E-state index contributed by atoms with van der Waals surface area (Å²) in [6.07, 6.45) is 0. The lowest BCUT2D eigenvalue weighted by atomic mass is 10.8. The van der Waals surface area contributed by atoms with Crippen LogP contribution in [0.15, 0.2) is 0 Å². The van der Waals surface area contributed by atoms with Crippen LogP contribution >= 0.6 is 12.6 Å². The van der Waals surface area contributed by atoms with E-state index in [0.717, 1.165) is 0 Å². The fourth-order valence-electron chi connectivity index (χ4n) is 0. The molecule has 0 atom stereocenters. The zero-order chi connectivity index (χ0) is 5.21. The van der Waals surface area contributed by atoms with Crippen LogP contribution in [0.4, 0.5) is 8.78 Å². The summed E-state index contributed by atoms with van der Waals surface area (Å²) in [5.41, 5.74) is 0. The Morgan fingerprint density at radius 1 is 1.67 bits per heavy atom. The molecule has 0 aromatic carbocycles.